The zero-order valence-corrected chi connectivity index (χ0v) is 13.9. The first-order valence-electron chi connectivity index (χ1n) is 7.00. The number of nitrogens with two attached hydrogens (primary N) is 1. The summed E-state index contributed by atoms with van der Waals surface area (Å²) in [5.41, 5.74) is 9.27. The van der Waals surface area contributed by atoms with Crippen LogP contribution in [0.5, 0.6) is 0 Å². The Morgan fingerprint density at radius 3 is 2.41 bits per heavy atom. The number of pyridine rings is 1. The van der Waals surface area contributed by atoms with E-state index in [-0.39, 0.29) is 30.8 Å². The summed E-state index contributed by atoms with van der Waals surface area (Å²) in [7, 11) is 1.82. The zero-order valence-electron chi connectivity index (χ0n) is 13.1. The van der Waals surface area contributed by atoms with Crippen molar-refractivity contribution in [1.82, 2.24) is 9.88 Å². The van der Waals surface area contributed by atoms with E-state index in [9.17, 15) is 4.79 Å². The molecule has 0 radical (unpaired) electrons. The van der Waals surface area contributed by atoms with Gasteiger partial charge in [0.1, 0.15) is 0 Å². The lowest BCUT2D eigenvalue weighted by molar-refractivity contribution is -0.131. The summed E-state index contributed by atoms with van der Waals surface area (Å²) in [6.45, 7) is 4.08. The van der Waals surface area contributed by atoms with Crippen LogP contribution in [0.2, 0.25) is 0 Å². The van der Waals surface area contributed by atoms with Gasteiger partial charge in [0, 0.05) is 12.7 Å². The highest BCUT2D eigenvalue weighted by atomic mass is 35.5. The van der Waals surface area contributed by atoms with E-state index in [1.54, 1.807) is 23.2 Å². The lowest BCUT2D eigenvalue weighted by atomic mass is 10.1. The Kier molecular flexibility index (Phi) is 6.38. The van der Waals surface area contributed by atoms with Crippen molar-refractivity contribution in [2.45, 2.75) is 26.3 Å². The highest BCUT2D eigenvalue weighted by Crippen LogP contribution is 2.20. The molecule has 0 aliphatic rings. The second-order valence-electron chi connectivity index (χ2n) is 5.35. The first-order chi connectivity index (χ1) is 9.97. The van der Waals surface area contributed by atoms with E-state index in [1.165, 1.54) is 5.56 Å². The van der Waals surface area contributed by atoms with Gasteiger partial charge < -0.3 is 10.6 Å². The van der Waals surface area contributed by atoms with E-state index in [4.69, 9.17) is 5.73 Å². The topological polar surface area (TPSA) is 59.2 Å². The average Bonchev–Trinajstić information content (AvgIpc) is 2.49. The van der Waals surface area contributed by atoms with Gasteiger partial charge in [0.05, 0.1) is 24.3 Å². The molecule has 2 aromatic rings. The number of likely N-dealkylation sites (N-methyl/N-ethyl adjacent to an activating group) is 1. The van der Waals surface area contributed by atoms with Gasteiger partial charge in [0.2, 0.25) is 5.91 Å². The zero-order chi connectivity index (χ0) is 15.4. The van der Waals surface area contributed by atoms with Crippen LogP contribution in [0.3, 0.4) is 0 Å². The highest BCUT2D eigenvalue weighted by Gasteiger charge is 2.17. The van der Waals surface area contributed by atoms with Gasteiger partial charge in [0.25, 0.3) is 0 Å². The van der Waals surface area contributed by atoms with Crippen LogP contribution in [0, 0.1) is 6.92 Å². The van der Waals surface area contributed by atoms with Crippen molar-refractivity contribution >= 4 is 24.0 Å². The normalized spacial score (nSPS) is 11.4. The Morgan fingerprint density at radius 2 is 1.86 bits per heavy atom. The summed E-state index contributed by atoms with van der Waals surface area (Å²) in [6, 6.07) is 11.8. The molecule has 118 valence electrons. The van der Waals surface area contributed by atoms with Gasteiger partial charge in [-0.3, -0.25) is 9.78 Å². The molecule has 1 unspecified atom stereocenters. The summed E-state index contributed by atoms with van der Waals surface area (Å²) in [5, 5.41) is 0. The van der Waals surface area contributed by atoms with Crippen molar-refractivity contribution in [1.29, 1.82) is 0 Å². The summed E-state index contributed by atoms with van der Waals surface area (Å²) < 4.78 is 0. The number of aromatic nitrogens is 1. The first kappa shape index (κ1) is 18.0. The minimum Gasteiger partial charge on any atom is -0.397 e. The molecular weight excluding hydrogens is 298 g/mol. The minimum absolute atomic E-state index is 0. The number of carbonyl (C=O) groups excluding carboxylic acids is 1. The van der Waals surface area contributed by atoms with E-state index in [0.29, 0.717) is 5.69 Å². The maximum absolute atomic E-state index is 12.3. The van der Waals surface area contributed by atoms with Crippen molar-refractivity contribution in [2.75, 3.05) is 12.8 Å². The standard InChI is InChI=1S/C17H21N3O.ClH/c1-12-4-6-14(7-5-12)13(2)20(3)17(21)10-16-9-8-15(18)11-19-16;/h4-9,11,13H,10,18H2,1-3H3;1H. The van der Waals surface area contributed by atoms with Crippen LogP contribution < -0.4 is 5.73 Å². The molecule has 0 aliphatic heterocycles. The molecule has 2 rings (SSSR count). The average molecular weight is 320 g/mol. The summed E-state index contributed by atoms with van der Waals surface area (Å²) in [4.78, 5) is 18.3. The fourth-order valence-corrected chi connectivity index (χ4v) is 2.10. The molecule has 5 heteroatoms. The predicted molar refractivity (Wildman–Crippen MR) is 92.0 cm³/mol. The molecule has 1 atom stereocenters. The predicted octanol–water partition coefficient (Wildman–Crippen LogP) is 3.16. The molecule has 1 aromatic heterocycles. The molecule has 1 amide bonds. The third kappa shape index (κ3) is 4.46. The lowest BCUT2D eigenvalue weighted by Crippen LogP contribution is -2.31. The molecule has 0 saturated heterocycles. The third-order valence-electron chi connectivity index (χ3n) is 3.71. The second-order valence-corrected chi connectivity index (χ2v) is 5.35. The molecule has 0 spiro atoms. The summed E-state index contributed by atoms with van der Waals surface area (Å²) >= 11 is 0. The minimum atomic E-state index is 0. The Morgan fingerprint density at radius 1 is 1.23 bits per heavy atom. The number of amides is 1. The highest BCUT2D eigenvalue weighted by molar-refractivity contribution is 5.85. The first-order valence-corrected chi connectivity index (χ1v) is 7.00. The number of nitrogens with zero attached hydrogens (tertiary/aromatic N) is 2. The van der Waals surface area contributed by atoms with Gasteiger partial charge in [-0.1, -0.05) is 29.8 Å². The molecule has 0 fully saturated rings. The maximum Gasteiger partial charge on any atom is 0.228 e. The van der Waals surface area contributed by atoms with Gasteiger partial charge in [0.15, 0.2) is 0 Å². The van der Waals surface area contributed by atoms with Gasteiger partial charge in [-0.2, -0.15) is 0 Å². The molecule has 4 nitrogen and oxygen atoms in total. The molecule has 1 heterocycles. The van der Waals surface area contributed by atoms with Crippen LogP contribution >= 0.6 is 12.4 Å². The number of halogens is 1. The van der Waals surface area contributed by atoms with Crippen molar-refractivity contribution in [3.05, 3.63) is 59.4 Å². The fraction of sp³-hybridized carbons (Fsp3) is 0.294. The Hall–Kier alpha value is -2.07. The SMILES string of the molecule is Cc1ccc(C(C)N(C)C(=O)Cc2ccc(N)cn2)cc1.Cl. The molecule has 0 aliphatic carbocycles. The Balaban J connectivity index is 0.00000242. The summed E-state index contributed by atoms with van der Waals surface area (Å²) in [5.74, 6) is 0.0420. The number of carbonyl (C=O) groups is 1. The van der Waals surface area contributed by atoms with Crippen LogP contribution in [0.1, 0.15) is 29.8 Å². The van der Waals surface area contributed by atoms with Crippen LogP contribution in [0.4, 0.5) is 5.69 Å². The third-order valence-corrected chi connectivity index (χ3v) is 3.71. The molecule has 0 bridgehead atoms. The van der Waals surface area contributed by atoms with Crippen molar-refractivity contribution in [3.8, 4) is 0 Å². The Bertz CT molecular complexity index is 611. The quantitative estimate of drug-likeness (QED) is 0.941. The molecule has 0 saturated carbocycles. The van der Waals surface area contributed by atoms with Gasteiger partial charge in [-0.05, 0) is 31.5 Å². The maximum atomic E-state index is 12.3. The number of hydrogen-bond donors (Lipinski definition) is 1. The monoisotopic (exact) mass is 319 g/mol. The van der Waals surface area contributed by atoms with E-state index in [1.807, 2.05) is 14.0 Å². The van der Waals surface area contributed by atoms with Crippen LogP contribution in [-0.4, -0.2) is 22.8 Å². The Labute approximate surface area is 137 Å². The molecule has 2 N–H and O–H groups in total. The van der Waals surface area contributed by atoms with Crippen molar-refractivity contribution in [2.24, 2.45) is 0 Å². The van der Waals surface area contributed by atoms with Crippen LogP contribution in [0.25, 0.3) is 0 Å². The number of hydrogen-bond acceptors (Lipinski definition) is 3. The smallest absolute Gasteiger partial charge is 0.228 e. The van der Waals surface area contributed by atoms with Crippen molar-refractivity contribution < 1.29 is 4.79 Å². The lowest BCUT2D eigenvalue weighted by Gasteiger charge is -2.25. The van der Waals surface area contributed by atoms with E-state index in [0.717, 1.165) is 11.3 Å². The van der Waals surface area contributed by atoms with Crippen LogP contribution in [-0.2, 0) is 11.2 Å². The number of aryl methyl sites for hydroxylation is 1. The van der Waals surface area contributed by atoms with Gasteiger partial charge in [-0.15, -0.1) is 12.4 Å². The van der Waals surface area contributed by atoms with Crippen LogP contribution in [0.15, 0.2) is 42.6 Å². The number of benzene rings is 1. The van der Waals surface area contributed by atoms with Gasteiger partial charge >= 0.3 is 0 Å². The molecular formula is C17H22ClN3O. The van der Waals surface area contributed by atoms with E-state index >= 15 is 0 Å². The number of anilines is 1. The molecule has 1 aromatic carbocycles. The van der Waals surface area contributed by atoms with Gasteiger partial charge in [-0.25, -0.2) is 0 Å². The van der Waals surface area contributed by atoms with E-state index in [2.05, 4.69) is 36.2 Å². The number of rotatable bonds is 4. The fourth-order valence-electron chi connectivity index (χ4n) is 2.10. The van der Waals surface area contributed by atoms with E-state index < -0.39 is 0 Å². The second kappa shape index (κ2) is 7.80. The van der Waals surface area contributed by atoms with Crippen molar-refractivity contribution in [3.63, 3.8) is 0 Å². The number of nitrogen functional groups attached to an aromatic ring is 1. The summed E-state index contributed by atoms with van der Waals surface area (Å²) in [6.07, 6.45) is 1.86. The largest absolute Gasteiger partial charge is 0.397 e. The molecule has 22 heavy (non-hydrogen) atoms.